The molecule has 30 heavy (non-hydrogen) atoms. The van der Waals surface area contributed by atoms with Gasteiger partial charge in [-0.2, -0.15) is 0 Å². The van der Waals surface area contributed by atoms with Gasteiger partial charge < -0.3 is 10.2 Å². The number of nitrogens with one attached hydrogen (secondary N) is 1. The lowest BCUT2D eigenvalue weighted by Gasteiger charge is -2.45. The Balaban J connectivity index is 1.65. The standard InChI is InChI=1S/C25H35ClN2O2/c1-17(2)23(27-22(29)15-18-7-5-6-8-18)24(30)28-14-13-21(25(3,4)16-28)19-9-11-20(26)12-10-19/h5,7,9-12,17-18,21,23H,6,8,13-16H2,1-4H3,(H,27,29)/t18?,21-,23-/m1/s1. The normalized spacial score (nSPS) is 24.1. The van der Waals surface area contributed by atoms with Gasteiger partial charge in [0.05, 0.1) is 0 Å². The van der Waals surface area contributed by atoms with Crippen LogP contribution in [0.4, 0.5) is 0 Å². The molecule has 2 aliphatic rings. The second-order valence-electron chi connectivity index (χ2n) is 9.90. The van der Waals surface area contributed by atoms with Gasteiger partial charge in [0, 0.05) is 24.5 Å². The maximum atomic E-state index is 13.4. The van der Waals surface area contributed by atoms with Crippen molar-refractivity contribution in [3.63, 3.8) is 0 Å². The van der Waals surface area contributed by atoms with Crippen molar-refractivity contribution in [3.8, 4) is 0 Å². The smallest absolute Gasteiger partial charge is 0.245 e. The number of allylic oxidation sites excluding steroid dienone is 2. The highest BCUT2D eigenvalue weighted by atomic mass is 35.5. The summed E-state index contributed by atoms with van der Waals surface area (Å²) in [6.07, 6.45) is 7.71. The molecule has 1 fully saturated rings. The lowest BCUT2D eigenvalue weighted by molar-refractivity contribution is -0.140. The molecule has 1 heterocycles. The van der Waals surface area contributed by atoms with Gasteiger partial charge in [-0.25, -0.2) is 0 Å². The van der Waals surface area contributed by atoms with Gasteiger partial charge in [0.25, 0.3) is 0 Å². The van der Waals surface area contributed by atoms with Gasteiger partial charge in [-0.15, -0.1) is 0 Å². The average molecular weight is 431 g/mol. The van der Waals surface area contributed by atoms with E-state index < -0.39 is 6.04 Å². The van der Waals surface area contributed by atoms with Gasteiger partial charge in [-0.05, 0) is 60.1 Å². The van der Waals surface area contributed by atoms with Crippen LogP contribution in [0.15, 0.2) is 36.4 Å². The van der Waals surface area contributed by atoms with Crippen molar-refractivity contribution in [2.75, 3.05) is 13.1 Å². The largest absolute Gasteiger partial charge is 0.344 e. The van der Waals surface area contributed by atoms with Crippen LogP contribution in [-0.2, 0) is 9.59 Å². The van der Waals surface area contributed by atoms with Crippen LogP contribution in [0, 0.1) is 17.3 Å². The topological polar surface area (TPSA) is 49.4 Å². The summed E-state index contributed by atoms with van der Waals surface area (Å²) >= 11 is 6.05. The van der Waals surface area contributed by atoms with E-state index in [-0.39, 0.29) is 23.1 Å². The van der Waals surface area contributed by atoms with Crippen LogP contribution in [0.25, 0.3) is 0 Å². The number of amides is 2. The molecule has 1 aromatic rings. The third kappa shape index (κ3) is 5.46. The van der Waals surface area contributed by atoms with Gasteiger partial charge in [0.15, 0.2) is 0 Å². The number of carbonyl (C=O) groups excluding carboxylic acids is 2. The molecule has 1 saturated heterocycles. The zero-order valence-electron chi connectivity index (χ0n) is 18.7. The van der Waals surface area contributed by atoms with Gasteiger partial charge in [0.1, 0.15) is 6.04 Å². The molecule has 2 amide bonds. The molecular formula is C25H35ClN2O2. The Morgan fingerprint density at radius 2 is 1.90 bits per heavy atom. The Morgan fingerprint density at radius 1 is 1.20 bits per heavy atom. The van der Waals surface area contributed by atoms with Crippen LogP contribution < -0.4 is 5.32 Å². The molecule has 0 saturated carbocycles. The highest BCUT2D eigenvalue weighted by molar-refractivity contribution is 6.30. The second kappa shape index (κ2) is 9.55. The number of hydrogen-bond acceptors (Lipinski definition) is 2. The molecule has 0 bridgehead atoms. The molecule has 1 unspecified atom stereocenters. The summed E-state index contributed by atoms with van der Waals surface area (Å²) in [6.45, 7) is 9.85. The number of nitrogens with zero attached hydrogens (tertiary/aromatic N) is 1. The number of halogens is 1. The first-order chi connectivity index (χ1) is 14.2. The number of rotatable bonds is 6. The van der Waals surface area contributed by atoms with Crippen LogP contribution in [-0.4, -0.2) is 35.8 Å². The lowest BCUT2D eigenvalue weighted by Crippen LogP contribution is -2.56. The van der Waals surface area contributed by atoms with E-state index in [4.69, 9.17) is 11.6 Å². The van der Waals surface area contributed by atoms with E-state index in [1.54, 1.807) is 0 Å². The van der Waals surface area contributed by atoms with Crippen molar-refractivity contribution in [1.29, 1.82) is 0 Å². The van der Waals surface area contributed by atoms with E-state index in [9.17, 15) is 9.59 Å². The van der Waals surface area contributed by atoms with E-state index in [1.807, 2.05) is 30.9 Å². The number of likely N-dealkylation sites (tertiary alicyclic amines) is 1. The van der Waals surface area contributed by atoms with Gasteiger partial charge >= 0.3 is 0 Å². The fourth-order valence-electron chi connectivity index (χ4n) is 4.90. The van der Waals surface area contributed by atoms with Crippen molar-refractivity contribution in [2.45, 2.75) is 65.3 Å². The first-order valence-corrected chi connectivity index (χ1v) is 11.6. The van der Waals surface area contributed by atoms with Gasteiger partial charge in [-0.3, -0.25) is 9.59 Å². The quantitative estimate of drug-likeness (QED) is 0.632. The Kier molecular flexibility index (Phi) is 7.28. The molecule has 0 spiro atoms. The number of piperidine rings is 1. The van der Waals surface area contributed by atoms with Gasteiger partial charge in [0.2, 0.25) is 11.8 Å². The maximum absolute atomic E-state index is 13.4. The molecule has 5 heteroatoms. The van der Waals surface area contributed by atoms with Crippen LogP contribution >= 0.6 is 11.6 Å². The van der Waals surface area contributed by atoms with Gasteiger partial charge in [-0.1, -0.05) is 63.6 Å². The van der Waals surface area contributed by atoms with E-state index >= 15 is 0 Å². The fraction of sp³-hybridized carbons (Fsp3) is 0.600. The molecule has 1 aliphatic carbocycles. The number of benzene rings is 1. The maximum Gasteiger partial charge on any atom is 0.245 e. The minimum Gasteiger partial charge on any atom is -0.344 e. The number of carbonyl (C=O) groups is 2. The summed E-state index contributed by atoms with van der Waals surface area (Å²) in [5, 5.41) is 3.78. The molecule has 164 valence electrons. The average Bonchev–Trinajstić information content (AvgIpc) is 3.18. The summed E-state index contributed by atoms with van der Waals surface area (Å²) in [4.78, 5) is 27.9. The summed E-state index contributed by atoms with van der Waals surface area (Å²) in [7, 11) is 0. The Labute approximate surface area is 186 Å². The van der Waals surface area contributed by atoms with Crippen molar-refractivity contribution in [3.05, 3.63) is 47.0 Å². The first kappa shape index (κ1) is 22.9. The van der Waals surface area contributed by atoms with E-state index in [0.717, 1.165) is 24.3 Å². The summed E-state index contributed by atoms with van der Waals surface area (Å²) in [5.41, 5.74) is 1.22. The van der Waals surface area contributed by atoms with Crippen LogP contribution in [0.3, 0.4) is 0 Å². The SMILES string of the molecule is CC(C)[C@@H](NC(=O)CC1C=CCC1)C(=O)N1CC[C@H](c2ccc(Cl)cc2)C(C)(C)C1. The molecular weight excluding hydrogens is 396 g/mol. The first-order valence-electron chi connectivity index (χ1n) is 11.2. The van der Waals surface area contributed by atoms with E-state index in [0.29, 0.717) is 31.3 Å². The van der Waals surface area contributed by atoms with Crippen LogP contribution in [0.2, 0.25) is 5.02 Å². The van der Waals surface area contributed by atoms with Crippen molar-refractivity contribution in [1.82, 2.24) is 10.2 Å². The predicted octanol–water partition coefficient (Wildman–Crippen LogP) is 5.18. The minimum absolute atomic E-state index is 0.0195. The highest BCUT2D eigenvalue weighted by Crippen LogP contribution is 2.42. The van der Waals surface area contributed by atoms with Crippen molar-refractivity contribution in [2.24, 2.45) is 17.3 Å². The summed E-state index contributed by atoms with van der Waals surface area (Å²) in [6, 6.07) is 7.61. The van der Waals surface area contributed by atoms with Crippen LogP contribution in [0.5, 0.6) is 0 Å². The summed E-state index contributed by atoms with van der Waals surface area (Å²) in [5.74, 6) is 0.761. The predicted molar refractivity (Wildman–Crippen MR) is 122 cm³/mol. The second-order valence-corrected chi connectivity index (χ2v) is 10.3. The van der Waals surface area contributed by atoms with Crippen LogP contribution in [0.1, 0.15) is 64.9 Å². The van der Waals surface area contributed by atoms with E-state index in [1.165, 1.54) is 5.56 Å². The monoisotopic (exact) mass is 430 g/mol. The Morgan fingerprint density at radius 3 is 2.47 bits per heavy atom. The van der Waals surface area contributed by atoms with E-state index in [2.05, 4.69) is 43.4 Å². The Hall–Kier alpha value is -1.81. The van der Waals surface area contributed by atoms with Crippen molar-refractivity contribution < 1.29 is 9.59 Å². The summed E-state index contributed by atoms with van der Waals surface area (Å²) < 4.78 is 0. The lowest BCUT2D eigenvalue weighted by atomic mass is 9.70. The molecule has 1 aliphatic heterocycles. The molecule has 4 nitrogen and oxygen atoms in total. The molecule has 3 atom stereocenters. The zero-order valence-corrected chi connectivity index (χ0v) is 19.4. The third-order valence-corrected chi connectivity index (χ3v) is 6.87. The minimum atomic E-state index is -0.467. The molecule has 0 radical (unpaired) electrons. The highest BCUT2D eigenvalue weighted by Gasteiger charge is 2.40. The third-order valence-electron chi connectivity index (χ3n) is 6.62. The van der Waals surface area contributed by atoms with Crippen molar-refractivity contribution >= 4 is 23.4 Å². The molecule has 3 rings (SSSR count). The fourth-order valence-corrected chi connectivity index (χ4v) is 5.03. The molecule has 1 aromatic carbocycles. The zero-order chi connectivity index (χ0) is 21.9. The Bertz CT molecular complexity index is 785. The molecule has 0 aromatic heterocycles. The number of hydrogen-bond donors (Lipinski definition) is 1. The molecule has 1 N–H and O–H groups in total.